The van der Waals surface area contributed by atoms with E-state index in [1.807, 2.05) is 12.1 Å². The molecular weight excluding hydrogens is 272 g/mol. The number of fused-ring (bicyclic) bond motifs is 1. The smallest absolute Gasteiger partial charge is 0.224 e. The largest absolute Gasteiger partial charge is 0.352 e. The first-order chi connectivity index (χ1) is 10.5. The first-order valence-corrected chi connectivity index (χ1v) is 8.02. The zero-order valence-electron chi connectivity index (χ0n) is 13.4. The third kappa shape index (κ3) is 3.30. The summed E-state index contributed by atoms with van der Waals surface area (Å²) in [6, 6.07) is 14.8. The molecule has 2 aromatic rings. The van der Waals surface area contributed by atoms with Gasteiger partial charge in [0.1, 0.15) is 0 Å². The van der Waals surface area contributed by atoms with Gasteiger partial charge in [-0.3, -0.25) is 4.79 Å². The van der Waals surface area contributed by atoms with Crippen molar-refractivity contribution in [1.82, 2.24) is 10.6 Å². The number of piperidine rings is 1. The Hall–Kier alpha value is -1.87. The van der Waals surface area contributed by atoms with E-state index in [0.29, 0.717) is 6.42 Å². The number of carbonyl (C=O) groups excluding carboxylic acids is 1. The van der Waals surface area contributed by atoms with Crippen LogP contribution in [0.1, 0.15) is 25.8 Å². The Balaban J connectivity index is 1.67. The molecule has 1 unspecified atom stereocenters. The highest BCUT2D eigenvalue weighted by atomic mass is 16.1. The highest BCUT2D eigenvalue weighted by molar-refractivity contribution is 5.85. The predicted molar refractivity (Wildman–Crippen MR) is 90.9 cm³/mol. The van der Waals surface area contributed by atoms with E-state index in [4.69, 9.17) is 0 Å². The molecule has 1 saturated heterocycles. The van der Waals surface area contributed by atoms with Gasteiger partial charge in [-0.2, -0.15) is 0 Å². The molecule has 1 aliphatic heterocycles. The van der Waals surface area contributed by atoms with E-state index in [9.17, 15) is 4.79 Å². The number of carbonyl (C=O) groups is 1. The van der Waals surface area contributed by atoms with E-state index in [0.717, 1.165) is 25.1 Å². The van der Waals surface area contributed by atoms with Gasteiger partial charge >= 0.3 is 0 Å². The van der Waals surface area contributed by atoms with Gasteiger partial charge in [0.2, 0.25) is 5.91 Å². The topological polar surface area (TPSA) is 41.1 Å². The fraction of sp³-hybridized carbons (Fsp3) is 0.421. The maximum Gasteiger partial charge on any atom is 0.224 e. The number of amides is 1. The Morgan fingerprint density at radius 2 is 2.00 bits per heavy atom. The zero-order chi connectivity index (χ0) is 15.6. The second-order valence-corrected chi connectivity index (χ2v) is 6.93. The van der Waals surface area contributed by atoms with Gasteiger partial charge in [-0.15, -0.1) is 0 Å². The highest BCUT2D eigenvalue weighted by Gasteiger charge is 2.32. The van der Waals surface area contributed by atoms with Crippen LogP contribution < -0.4 is 10.6 Å². The summed E-state index contributed by atoms with van der Waals surface area (Å²) in [5.41, 5.74) is 1.18. The lowest BCUT2D eigenvalue weighted by Gasteiger charge is -2.39. The van der Waals surface area contributed by atoms with E-state index >= 15 is 0 Å². The fourth-order valence-electron chi connectivity index (χ4n) is 3.22. The van der Waals surface area contributed by atoms with Crippen molar-refractivity contribution in [2.24, 2.45) is 5.41 Å². The van der Waals surface area contributed by atoms with E-state index in [-0.39, 0.29) is 17.4 Å². The third-order valence-electron chi connectivity index (χ3n) is 4.65. The third-order valence-corrected chi connectivity index (χ3v) is 4.65. The van der Waals surface area contributed by atoms with Crippen LogP contribution in [0, 0.1) is 5.41 Å². The van der Waals surface area contributed by atoms with E-state index < -0.39 is 0 Å². The molecule has 0 aliphatic carbocycles. The quantitative estimate of drug-likeness (QED) is 0.914. The summed E-state index contributed by atoms with van der Waals surface area (Å²) in [5, 5.41) is 9.03. The number of hydrogen-bond acceptors (Lipinski definition) is 2. The first kappa shape index (κ1) is 15.0. The highest BCUT2D eigenvalue weighted by Crippen LogP contribution is 2.25. The van der Waals surface area contributed by atoms with Crippen LogP contribution in [0.3, 0.4) is 0 Å². The molecule has 2 aromatic carbocycles. The van der Waals surface area contributed by atoms with Crippen molar-refractivity contribution < 1.29 is 4.79 Å². The Morgan fingerprint density at radius 1 is 1.23 bits per heavy atom. The van der Waals surface area contributed by atoms with Crippen LogP contribution in [0.25, 0.3) is 10.8 Å². The first-order valence-electron chi connectivity index (χ1n) is 8.02. The summed E-state index contributed by atoms with van der Waals surface area (Å²) >= 11 is 0. The fourth-order valence-corrected chi connectivity index (χ4v) is 3.22. The van der Waals surface area contributed by atoms with Crippen LogP contribution in [-0.2, 0) is 11.2 Å². The molecule has 1 heterocycles. The molecule has 0 bridgehead atoms. The van der Waals surface area contributed by atoms with Crippen molar-refractivity contribution >= 4 is 16.7 Å². The van der Waals surface area contributed by atoms with Crippen molar-refractivity contribution in [3.63, 3.8) is 0 Å². The molecule has 116 valence electrons. The van der Waals surface area contributed by atoms with Crippen LogP contribution >= 0.6 is 0 Å². The molecule has 22 heavy (non-hydrogen) atoms. The molecule has 3 heteroatoms. The second kappa shape index (κ2) is 6.09. The molecule has 0 saturated carbocycles. The molecule has 2 N–H and O–H groups in total. The monoisotopic (exact) mass is 296 g/mol. The summed E-state index contributed by atoms with van der Waals surface area (Å²) < 4.78 is 0. The molecule has 3 rings (SSSR count). The van der Waals surface area contributed by atoms with Gasteiger partial charge in [0.05, 0.1) is 6.42 Å². The van der Waals surface area contributed by atoms with Crippen molar-refractivity contribution in [2.75, 3.05) is 13.1 Å². The van der Waals surface area contributed by atoms with Crippen LogP contribution in [0.15, 0.2) is 42.5 Å². The molecule has 0 spiro atoms. The van der Waals surface area contributed by atoms with Gasteiger partial charge in [-0.1, -0.05) is 56.3 Å². The number of rotatable bonds is 3. The van der Waals surface area contributed by atoms with Crippen LogP contribution in [0.5, 0.6) is 0 Å². The maximum atomic E-state index is 12.4. The van der Waals surface area contributed by atoms with Crippen LogP contribution in [0.2, 0.25) is 0 Å². The van der Waals surface area contributed by atoms with Crippen molar-refractivity contribution in [1.29, 1.82) is 0 Å². The Kier molecular flexibility index (Phi) is 4.16. The average molecular weight is 296 g/mol. The number of benzene rings is 2. The molecule has 1 aliphatic rings. The van der Waals surface area contributed by atoms with Crippen molar-refractivity contribution in [3.8, 4) is 0 Å². The number of hydrogen-bond donors (Lipinski definition) is 2. The zero-order valence-corrected chi connectivity index (χ0v) is 13.4. The van der Waals surface area contributed by atoms with Gasteiger partial charge in [-0.25, -0.2) is 0 Å². The van der Waals surface area contributed by atoms with Gasteiger partial charge < -0.3 is 10.6 Å². The molecule has 1 fully saturated rings. The molecular formula is C19H24N2O. The van der Waals surface area contributed by atoms with Crippen LogP contribution in [-0.4, -0.2) is 25.0 Å². The van der Waals surface area contributed by atoms with Gasteiger partial charge in [-0.05, 0) is 34.7 Å². The van der Waals surface area contributed by atoms with E-state index in [1.54, 1.807) is 0 Å². The van der Waals surface area contributed by atoms with Crippen molar-refractivity contribution in [2.45, 2.75) is 32.7 Å². The minimum atomic E-state index is 0.108. The Labute approximate surface area is 132 Å². The maximum absolute atomic E-state index is 12.4. The molecule has 1 atom stereocenters. The second-order valence-electron chi connectivity index (χ2n) is 6.93. The van der Waals surface area contributed by atoms with Gasteiger partial charge in [0.25, 0.3) is 0 Å². The molecule has 3 nitrogen and oxygen atoms in total. The predicted octanol–water partition coefficient (Wildman–Crippen LogP) is 2.89. The summed E-state index contributed by atoms with van der Waals surface area (Å²) in [4.78, 5) is 12.4. The molecule has 0 radical (unpaired) electrons. The van der Waals surface area contributed by atoms with Crippen molar-refractivity contribution in [3.05, 3.63) is 48.0 Å². The lowest BCUT2D eigenvalue weighted by Crippen LogP contribution is -2.54. The summed E-state index contributed by atoms with van der Waals surface area (Å²) in [5.74, 6) is 0.121. The Bertz CT molecular complexity index is 678. The minimum Gasteiger partial charge on any atom is -0.352 e. The normalized spacial score (nSPS) is 20.7. The lowest BCUT2D eigenvalue weighted by atomic mass is 9.80. The van der Waals surface area contributed by atoms with E-state index in [2.05, 4.69) is 54.8 Å². The van der Waals surface area contributed by atoms with Crippen LogP contribution in [0.4, 0.5) is 0 Å². The van der Waals surface area contributed by atoms with Gasteiger partial charge in [0, 0.05) is 12.6 Å². The number of nitrogens with one attached hydrogen (secondary N) is 2. The SMILES string of the molecule is CC1(C)CNCCC1NC(=O)Cc1ccc2ccccc2c1. The Morgan fingerprint density at radius 3 is 2.77 bits per heavy atom. The standard InChI is InChI=1S/C19H24N2O/c1-19(2)13-20-10-9-17(19)21-18(22)12-14-7-8-15-5-3-4-6-16(15)11-14/h3-8,11,17,20H,9-10,12-13H2,1-2H3,(H,21,22). The van der Waals surface area contributed by atoms with E-state index in [1.165, 1.54) is 10.8 Å². The summed E-state index contributed by atoms with van der Waals surface area (Å²) in [7, 11) is 0. The lowest BCUT2D eigenvalue weighted by molar-refractivity contribution is -0.122. The van der Waals surface area contributed by atoms with Gasteiger partial charge in [0.15, 0.2) is 0 Å². The molecule has 1 amide bonds. The minimum absolute atomic E-state index is 0.108. The molecule has 0 aromatic heterocycles. The summed E-state index contributed by atoms with van der Waals surface area (Å²) in [6.45, 7) is 6.35. The average Bonchev–Trinajstić information content (AvgIpc) is 2.49. The summed E-state index contributed by atoms with van der Waals surface area (Å²) in [6.07, 6.45) is 1.45.